The zero-order valence-corrected chi connectivity index (χ0v) is 19.4. The Labute approximate surface area is 206 Å². The van der Waals surface area contributed by atoms with Crippen LogP contribution in [0.4, 0.5) is 15.9 Å². The van der Waals surface area contributed by atoms with Crippen molar-refractivity contribution in [3.63, 3.8) is 0 Å². The molecule has 2 saturated heterocycles. The van der Waals surface area contributed by atoms with Gasteiger partial charge in [0.05, 0.1) is 11.6 Å². The van der Waals surface area contributed by atoms with E-state index in [2.05, 4.69) is 25.2 Å². The molecular formula is C25H23FN8O2. The van der Waals surface area contributed by atoms with Gasteiger partial charge in [-0.3, -0.25) is 9.59 Å². The number of benzene rings is 2. The molecule has 2 aromatic heterocycles. The largest absolute Gasteiger partial charge is 0.351 e. The number of piperazine rings is 1. The number of hydrogen-bond donors (Lipinski definition) is 0. The summed E-state index contributed by atoms with van der Waals surface area (Å²) >= 11 is 0. The molecule has 0 saturated carbocycles. The second-order valence-electron chi connectivity index (χ2n) is 8.90. The average Bonchev–Trinajstić information content (AvgIpc) is 3.53. The summed E-state index contributed by atoms with van der Waals surface area (Å²) in [5.41, 5.74) is 2.70. The van der Waals surface area contributed by atoms with Crippen molar-refractivity contribution in [1.29, 1.82) is 0 Å². The standard InChI is InChI=1S/C25H23FN8O2/c26-18-6-8-19(9-7-18)33-15-17(14-21(33)35)25(36)32-12-10-31(11-13-32)23-22-24(28-16-27-23)34(30-29-22)20-4-2-1-3-5-20/h1-9,16-17H,10-15H2. The van der Waals surface area contributed by atoms with Crippen molar-refractivity contribution >= 4 is 34.5 Å². The molecule has 1 unspecified atom stereocenters. The Hall–Kier alpha value is -4.41. The molecule has 4 heterocycles. The molecule has 0 spiro atoms. The first-order valence-electron chi connectivity index (χ1n) is 11.8. The molecule has 10 nitrogen and oxygen atoms in total. The predicted molar refractivity (Wildman–Crippen MR) is 130 cm³/mol. The SMILES string of the molecule is O=C(C1CC(=O)N(c2ccc(F)cc2)C1)N1CCN(c2ncnc3c2nnn3-c2ccccc2)CC1. The normalized spacial score (nSPS) is 18.3. The van der Waals surface area contributed by atoms with Gasteiger partial charge in [0, 0.05) is 44.8 Å². The molecule has 0 N–H and O–H groups in total. The number of carbonyl (C=O) groups excluding carboxylic acids is 2. The minimum atomic E-state index is -0.411. The number of halogens is 1. The van der Waals surface area contributed by atoms with Gasteiger partial charge in [-0.15, -0.1) is 5.10 Å². The third kappa shape index (κ3) is 3.92. The smallest absolute Gasteiger partial charge is 0.228 e. The van der Waals surface area contributed by atoms with E-state index in [-0.39, 0.29) is 24.1 Å². The summed E-state index contributed by atoms with van der Waals surface area (Å²) in [6.45, 7) is 2.49. The van der Waals surface area contributed by atoms with Gasteiger partial charge in [-0.25, -0.2) is 14.4 Å². The summed E-state index contributed by atoms with van der Waals surface area (Å²) in [7, 11) is 0. The number of hydrogen-bond acceptors (Lipinski definition) is 7. The summed E-state index contributed by atoms with van der Waals surface area (Å²) in [5.74, 6) is -0.239. The number of para-hydroxylation sites is 1. The van der Waals surface area contributed by atoms with Gasteiger partial charge in [0.15, 0.2) is 17.0 Å². The van der Waals surface area contributed by atoms with Gasteiger partial charge in [-0.2, -0.15) is 4.68 Å². The summed E-state index contributed by atoms with van der Waals surface area (Å²) in [5, 5.41) is 8.61. The summed E-state index contributed by atoms with van der Waals surface area (Å²) in [4.78, 5) is 40.1. The van der Waals surface area contributed by atoms with Gasteiger partial charge in [0.2, 0.25) is 11.8 Å². The number of anilines is 2. The molecule has 0 bridgehead atoms. The first-order chi connectivity index (χ1) is 17.6. The third-order valence-electron chi connectivity index (χ3n) is 6.72. The molecular weight excluding hydrogens is 463 g/mol. The van der Waals surface area contributed by atoms with Crippen molar-refractivity contribution in [3.8, 4) is 5.69 Å². The van der Waals surface area contributed by atoms with E-state index >= 15 is 0 Å². The van der Waals surface area contributed by atoms with Crippen LogP contribution in [-0.4, -0.2) is 74.4 Å². The molecule has 0 radical (unpaired) electrons. The molecule has 1 atom stereocenters. The fourth-order valence-electron chi connectivity index (χ4n) is 4.85. The highest BCUT2D eigenvalue weighted by Gasteiger charge is 2.38. The highest BCUT2D eigenvalue weighted by atomic mass is 19.1. The second-order valence-corrected chi connectivity index (χ2v) is 8.90. The van der Waals surface area contributed by atoms with Crippen LogP contribution in [0.15, 0.2) is 60.9 Å². The molecule has 2 aliphatic rings. The fourth-order valence-corrected chi connectivity index (χ4v) is 4.85. The zero-order valence-electron chi connectivity index (χ0n) is 19.4. The maximum absolute atomic E-state index is 13.3. The quantitative estimate of drug-likeness (QED) is 0.435. The van der Waals surface area contributed by atoms with Crippen LogP contribution >= 0.6 is 0 Å². The van der Waals surface area contributed by atoms with E-state index in [0.29, 0.717) is 55.4 Å². The molecule has 2 amide bonds. The van der Waals surface area contributed by atoms with Gasteiger partial charge in [0.1, 0.15) is 12.1 Å². The van der Waals surface area contributed by atoms with Crippen molar-refractivity contribution in [3.05, 3.63) is 66.7 Å². The predicted octanol–water partition coefficient (Wildman–Crippen LogP) is 2.05. The minimum Gasteiger partial charge on any atom is -0.351 e. The van der Waals surface area contributed by atoms with Crippen molar-refractivity contribution in [2.24, 2.45) is 5.92 Å². The van der Waals surface area contributed by atoms with Crippen LogP contribution < -0.4 is 9.80 Å². The zero-order chi connectivity index (χ0) is 24.6. The highest BCUT2D eigenvalue weighted by Crippen LogP contribution is 2.28. The lowest BCUT2D eigenvalue weighted by atomic mass is 10.1. The molecule has 0 aliphatic carbocycles. The maximum atomic E-state index is 13.3. The Balaban J connectivity index is 1.13. The molecule has 2 aromatic carbocycles. The van der Waals surface area contributed by atoms with Crippen LogP contribution in [0.3, 0.4) is 0 Å². The Bertz CT molecular complexity index is 1420. The van der Waals surface area contributed by atoms with E-state index in [9.17, 15) is 14.0 Å². The minimum absolute atomic E-state index is 0.0320. The Morgan fingerprint density at radius 1 is 0.917 bits per heavy atom. The number of nitrogens with zero attached hydrogens (tertiary/aromatic N) is 8. The van der Waals surface area contributed by atoms with E-state index in [0.717, 1.165) is 5.69 Å². The van der Waals surface area contributed by atoms with E-state index in [4.69, 9.17) is 0 Å². The molecule has 36 heavy (non-hydrogen) atoms. The van der Waals surface area contributed by atoms with Crippen LogP contribution in [0.2, 0.25) is 0 Å². The van der Waals surface area contributed by atoms with Gasteiger partial charge < -0.3 is 14.7 Å². The third-order valence-corrected chi connectivity index (χ3v) is 6.72. The first kappa shape index (κ1) is 22.1. The molecule has 6 rings (SSSR count). The van der Waals surface area contributed by atoms with E-state index in [1.165, 1.54) is 18.5 Å². The van der Waals surface area contributed by atoms with Gasteiger partial charge in [0.25, 0.3) is 0 Å². The van der Waals surface area contributed by atoms with Gasteiger partial charge in [-0.1, -0.05) is 23.4 Å². The van der Waals surface area contributed by atoms with E-state index in [1.54, 1.807) is 21.7 Å². The molecule has 4 aromatic rings. The van der Waals surface area contributed by atoms with E-state index < -0.39 is 5.92 Å². The van der Waals surface area contributed by atoms with Crippen LogP contribution in [0, 0.1) is 11.7 Å². The number of fused-ring (bicyclic) bond motifs is 1. The van der Waals surface area contributed by atoms with Crippen molar-refractivity contribution < 1.29 is 14.0 Å². The lowest BCUT2D eigenvalue weighted by Gasteiger charge is -2.36. The van der Waals surface area contributed by atoms with Crippen LogP contribution in [-0.2, 0) is 9.59 Å². The molecule has 2 fully saturated rings. The van der Waals surface area contributed by atoms with Crippen LogP contribution in [0.1, 0.15) is 6.42 Å². The molecule has 2 aliphatic heterocycles. The van der Waals surface area contributed by atoms with Crippen molar-refractivity contribution in [1.82, 2.24) is 29.9 Å². The maximum Gasteiger partial charge on any atom is 0.228 e. The molecule has 11 heteroatoms. The Morgan fingerprint density at radius 2 is 1.67 bits per heavy atom. The number of carbonyl (C=O) groups is 2. The van der Waals surface area contributed by atoms with Crippen molar-refractivity contribution in [2.75, 3.05) is 42.5 Å². The fraction of sp³-hybridized carbons (Fsp3) is 0.280. The van der Waals surface area contributed by atoms with Crippen molar-refractivity contribution in [2.45, 2.75) is 6.42 Å². The van der Waals surface area contributed by atoms with Crippen LogP contribution in [0.25, 0.3) is 16.9 Å². The first-order valence-corrected chi connectivity index (χ1v) is 11.8. The monoisotopic (exact) mass is 486 g/mol. The van der Waals surface area contributed by atoms with E-state index in [1.807, 2.05) is 35.2 Å². The number of rotatable bonds is 4. The van der Waals surface area contributed by atoms with Gasteiger partial charge in [-0.05, 0) is 36.4 Å². The molecule has 182 valence electrons. The summed E-state index contributed by atoms with van der Waals surface area (Å²) in [6.07, 6.45) is 1.66. The lowest BCUT2D eigenvalue weighted by molar-refractivity contribution is -0.136. The lowest BCUT2D eigenvalue weighted by Crippen LogP contribution is -2.51. The Kier molecular flexibility index (Phi) is 5.51. The highest BCUT2D eigenvalue weighted by molar-refractivity contribution is 6.00. The second kappa shape index (κ2) is 8.99. The number of aromatic nitrogens is 5. The topological polar surface area (TPSA) is 100 Å². The number of amides is 2. The summed E-state index contributed by atoms with van der Waals surface area (Å²) in [6, 6.07) is 15.4. The van der Waals surface area contributed by atoms with Gasteiger partial charge >= 0.3 is 0 Å². The average molecular weight is 487 g/mol. The Morgan fingerprint density at radius 3 is 2.42 bits per heavy atom. The van der Waals surface area contributed by atoms with Crippen LogP contribution in [0.5, 0.6) is 0 Å². The summed E-state index contributed by atoms with van der Waals surface area (Å²) < 4.78 is 14.9.